The molecule has 2 fully saturated rings. The zero-order chi connectivity index (χ0) is 21.7. The zero-order valence-corrected chi connectivity index (χ0v) is 18.2. The van der Waals surface area contributed by atoms with E-state index in [0.29, 0.717) is 38.4 Å². The first-order valence-electron chi connectivity index (χ1n) is 10.7. The lowest BCUT2D eigenvalue weighted by molar-refractivity contribution is -0.136. The first kappa shape index (κ1) is 21.5. The predicted molar refractivity (Wildman–Crippen MR) is 120 cm³/mol. The Hall–Kier alpha value is -2.71. The number of hydrogen-bond acceptors (Lipinski definition) is 5. The van der Waals surface area contributed by atoms with Crippen molar-refractivity contribution in [3.8, 4) is 0 Å². The van der Waals surface area contributed by atoms with Gasteiger partial charge in [-0.05, 0) is 55.3 Å². The van der Waals surface area contributed by atoms with E-state index in [-0.39, 0.29) is 11.3 Å². The largest absolute Gasteiger partial charge is 0.381 e. The van der Waals surface area contributed by atoms with Crippen LogP contribution in [0.3, 0.4) is 0 Å². The number of thiophene rings is 1. The maximum Gasteiger partial charge on any atom is 0.313 e. The molecule has 7 nitrogen and oxygen atoms in total. The monoisotopic (exact) mass is 441 g/mol. The number of nitrogens with one attached hydrogen (secondary N) is 2. The van der Waals surface area contributed by atoms with Gasteiger partial charge in [0, 0.05) is 54.4 Å². The van der Waals surface area contributed by atoms with E-state index in [1.165, 1.54) is 4.88 Å². The number of ether oxygens (including phenoxy) is 1. The van der Waals surface area contributed by atoms with Gasteiger partial charge in [-0.1, -0.05) is 12.1 Å². The van der Waals surface area contributed by atoms with Gasteiger partial charge in [-0.25, -0.2) is 0 Å². The van der Waals surface area contributed by atoms with Gasteiger partial charge in [0.25, 0.3) is 0 Å². The quantitative estimate of drug-likeness (QED) is 0.698. The highest BCUT2D eigenvalue weighted by atomic mass is 32.1. The van der Waals surface area contributed by atoms with E-state index in [4.69, 9.17) is 4.74 Å². The fraction of sp³-hybridized carbons (Fsp3) is 0.435. The van der Waals surface area contributed by atoms with Gasteiger partial charge in [0.15, 0.2) is 0 Å². The summed E-state index contributed by atoms with van der Waals surface area (Å²) in [7, 11) is 0. The number of carbonyl (C=O) groups excluding carboxylic acids is 3. The van der Waals surface area contributed by atoms with E-state index in [0.717, 1.165) is 31.4 Å². The van der Waals surface area contributed by atoms with E-state index in [9.17, 15) is 14.4 Å². The highest BCUT2D eigenvalue weighted by Crippen LogP contribution is 2.37. The third-order valence-corrected chi connectivity index (χ3v) is 7.14. The van der Waals surface area contributed by atoms with Crippen molar-refractivity contribution in [3.05, 3.63) is 46.7 Å². The average Bonchev–Trinajstić information content (AvgIpc) is 3.34. The van der Waals surface area contributed by atoms with E-state index in [1.807, 2.05) is 17.5 Å². The van der Waals surface area contributed by atoms with Crippen LogP contribution in [0.1, 0.15) is 37.0 Å². The topological polar surface area (TPSA) is 87.7 Å². The number of anilines is 2. The molecular formula is C23H27N3O4S. The zero-order valence-electron chi connectivity index (χ0n) is 17.4. The van der Waals surface area contributed by atoms with Gasteiger partial charge in [-0.3, -0.25) is 14.4 Å². The van der Waals surface area contributed by atoms with E-state index < -0.39 is 11.8 Å². The summed E-state index contributed by atoms with van der Waals surface area (Å²) in [5, 5.41) is 7.51. The molecule has 2 N–H and O–H groups in total. The molecule has 31 heavy (non-hydrogen) atoms. The fourth-order valence-corrected chi connectivity index (χ4v) is 5.19. The Labute approximate surface area is 185 Å². The van der Waals surface area contributed by atoms with E-state index in [1.54, 1.807) is 34.4 Å². The van der Waals surface area contributed by atoms with Crippen LogP contribution in [0.5, 0.6) is 0 Å². The second-order valence-electron chi connectivity index (χ2n) is 8.06. The van der Waals surface area contributed by atoms with Crippen molar-refractivity contribution in [1.29, 1.82) is 0 Å². The SMILES string of the molecule is O=C(NCC1(c2cccs2)CCOCC1)C(=O)Nc1cccc(N2CCCCC2=O)c1. The van der Waals surface area contributed by atoms with Crippen molar-refractivity contribution in [2.45, 2.75) is 37.5 Å². The summed E-state index contributed by atoms with van der Waals surface area (Å²) in [5.41, 5.74) is 1.04. The lowest BCUT2D eigenvalue weighted by Crippen LogP contribution is -2.46. The molecule has 8 heteroatoms. The average molecular weight is 442 g/mol. The van der Waals surface area contributed by atoms with Crippen molar-refractivity contribution in [2.24, 2.45) is 0 Å². The van der Waals surface area contributed by atoms with Gasteiger partial charge in [0.1, 0.15) is 0 Å². The van der Waals surface area contributed by atoms with Crippen LogP contribution in [0.25, 0.3) is 0 Å². The Morgan fingerprint density at radius 1 is 1.10 bits per heavy atom. The summed E-state index contributed by atoms with van der Waals surface area (Å²) < 4.78 is 5.51. The molecular weight excluding hydrogens is 414 g/mol. The number of nitrogens with zero attached hydrogens (tertiary/aromatic N) is 1. The number of carbonyl (C=O) groups is 3. The molecule has 1 aromatic heterocycles. The third-order valence-electron chi connectivity index (χ3n) is 6.03. The molecule has 2 saturated heterocycles. The van der Waals surface area contributed by atoms with Crippen molar-refractivity contribution >= 4 is 40.4 Å². The Bertz CT molecular complexity index is 938. The molecule has 0 saturated carbocycles. The lowest BCUT2D eigenvalue weighted by atomic mass is 9.78. The van der Waals surface area contributed by atoms with Crippen LogP contribution >= 0.6 is 11.3 Å². The summed E-state index contributed by atoms with van der Waals surface area (Å²) in [5.74, 6) is -1.29. The van der Waals surface area contributed by atoms with Crippen LogP contribution in [0.2, 0.25) is 0 Å². The van der Waals surface area contributed by atoms with Gasteiger partial charge in [-0.2, -0.15) is 0 Å². The summed E-state index contributed by atoms with van der Waals surface area (Å²) in [6.45, 7) is 2.35. The van der Waals surface area contributed by atoms with Gasteiger partial charge in [-0.15, -0.1) is 11.3 Å². The highest BCUT2D eigenvalue weighted by molar-refractivity contribution is 7.10. The van der Waals surface area contributed by atoms with E-state index >= 15 is 0 Å². The molecule has 0 bridgehead atoms. The van der Waals surface area contributed by atoms with Gasteiger partial charge in [0.05, 0.1) is 0 Å². The lowest BCUT2D eigenvalue weighted by Gasteiger charge is -2.36. The Morgan fingerprint density at radius 3 is 2.68 bits per heavy atom. The summed E-state index contributed by atoms with van der Waals surface area (Å²) in [4.78, 5) is 40.1. The molecule has 2 aromatic rings. The van der Waals surface area contributed by atoms with Crippen LogP contribution < -0.4 is 15.5 Å². The van der Waals surface area contributed by atoms with Crippen molar-refractivity contribution in [3.63, 3.8) is 0 Å². The molecule has 0 unspecified atom stereocenters. The number of benzene rings is 1. The molecule has 3 amide bonds. The number of amides is 3. The standard InChI is InChI=1S/C23H27N3O4S/c27-20-8-1-2-11-26(20)18-6-3-5-17(15-18)25-22(29)21(28)24-16-23(9-12-30-13-10-23)19-7-4-14-31-19/h3-7,14-15H,1-2,8-13,16H2,(H,24,28)(H,25,29). The smallest absolute Gasteiger partial charge is 0.313 e. The van der Waals surface area contributed by atoms with Gasteiger partial charge in [0.2, 0.25) is 5.91 Å². The normalized spacial score (nSPS) is 18.5. The minimum atomic E-state index is -0.712. The summed E-state index contributed by atoms with van der Waals surface area (Å²) in [6, 6.07) is 11.2. The molecule has 0 aliphatic carbocycles. The molecule has 164 valence electrons. The maximum atomic E-state index is 12.5. The fourth-order valence-electron chi connectivity index (χ4n) is 4.20. The number of rotatable bonds is 5. The van der Waals surface area contributed by atoms with Crippen LogP contribution in [0.15, 0.2) is 41.8 Å². The summed E-state index contributed by atoms with van der Waals surface area (Å²) >= 11 is 1.67. The first-order chi connectivity index (χ1) is 15.1. The minimum absolute atomic E-state index is 0.0859. The third kappa shape index (κ3) is 4.97. The summed E-state index contributed by atoms with van der Waals surface area (Å²) in [6.07, 6.45) is 4.02. The molecule has 2 aliphatic rings. The first-order valence-corrected chi connectivity index (χ1v) is 11.6. The minimum Gasteiger partial charge on any atom is -0.381 e. The Morgan fingerprint density at radius 2 is 1.94 bits per heavy atom. The Kier molecular flexibility index (Phi) is 6.67. The predicted octanol–water partition coefficient (Wildman–Crippen LogP) is 3.07. The van der Waals surface area contributed by atoms with Gasteiger partial charge < -0.3 is 20.3 Å². The van der Waals surface area contributed by atoms with Crippen molar-refractivity contribution in [2.75, 3.05) is 36.5 Å². The van der Waals surface area contributed by atoms with Crippen LogP contribution in [-0.4, -0.2) is 44.0 Å². The van der Waals surface area contributed by atoms with Crippen LogP contribution in [0.4, 0.5) is 11.4 Å². The number of hydrogen-bond donors (Lipinski definition) is 2. The highest BCUT2D eigenvalue weighted by Gasteiger charge is 2.36. The molecule has 2 aliphatic heterocycles. The van der Waals surface area contributed by atoms with Crippen LogP contribution in [-0.2, 0) is 24.5 Å². The molecule has 3 heterocycles. The molecule has 1 aromatic carbocycles. The van der Waals surface area contributed by atoms with Crippen molar-refractivity contribution in [1.82, 2.24) is 5.32 Å². The second-order valence-corrected chi connectivity index (χ2v) is 9.01. The second kappa shape index (κ2) is 9.62. The molecule has 0 atom stereocenters. The van der Waals surface area contributed by atoms with Crippen molar-refractivity contribution < 1.29 is 19.1 Å². The molecule has 4 rings (SSSR count). The van der Waals surface area contributed by atoms with Gasteiger partial charge >= 0.3 is 11.8 Å². The van der Waals surface area contributed by atoms with E-state index in [2.05, 4.69) is 16.7 Å². The Balaban J connectivity index is 1.38. The molecule has 0 spiro atoms. The molecule has 0 radical (unpaired) electrons. The maximum absolute atomic E-state index is 12.5. The van der Waals surface area contributed by atoms with Crippen LogP contribution in [0, 0.1) is 0 Å². The number of piperidine rings is 1.